The molecule has 0 nitrogen and oxygen atoms in total. The summed E-state index contributed by atoms with van der Waals surface area (Å²) in [5.41, 5.74) is 7.09. The summed E-state index contributed by atoms with van der Waals surface area (Å²) >= 11 is 2.40. The van der Waals surface area contributed by atoms with E-state index in [-0.39, 0.29) is 28.5 Å². The van der Waals surface area contributed by atoms with E-state index < -0.39 is 0 Å². The Morgan fingerprint density at radius 2 is 1.41 bits per heavy atom. The van der Waals surface area contributed by atoms with Crippen LogP contribution >= 0.6 is 0 Å². The van der Waals surface area contributed by atoms with E-state index in [2.05, 4.69) is 111 Å². The molecular weight excluding hydrogens is 407 g/mol. The van der Waals surface area contributed by atoms with Crippen LogP contribution in [0.25, 0.3) is 12.2 Å². The molecule has 133 valence electrons. The second-order valence-corrected chi connectivity index (χ2v) is 8.67. The average molecular weight is 426 g/mol. The van der Waals surface area contributed by atoms with E-state index in [1.165, 1.54) is 27.8 Å². The molecule has 0 spiro atoms. The number of benzene rings is 2. The van der Waals surface area contributed by atoms with Gasteiger partial charge in [-0.05, 0) is 0 Å². The second kappa shape index (κ2) is 7.97. The van der Waals surface area contributed by atoms with E-state index in [1.54, 1.807) is 0 Å². The summed E-state index contributed by atoms with van der Waals surface area (Å²) in [6.45, 7) is 0. The number of hydrogen-bond acceptors (Lipinski definition) is 0. The van der Waals surface area contributed by atoms with Crippen molar-refractivity contribution in [2.45, 2.75) is 22.0 Å². The van der Waals surface area contributed by atoms with Crippen LogP contribution in [0.5, 0.6) is 0 Å². The van der Waals surface area contributed by atoms with Crippen molar-refractivity contribution in [1.29, 1.82) is 0 Å². The molecule has 2 aromatic rings. The third-order valence-corrected chi connectivity index (χ3v) is 6.83. The van der Waals surface area contributed by atoms with Crippen molar-refractivity contribution in [1.82, 2.24) is 0 Å². The zero-order valence-electron chi connectivity index (χ0n) is 14.8. The maximum absolute atomic E-state index is 2.46. The zero-order chi connectivity index (χ0) is 16.9. The molecule has 3 heteroatoms. The molecule has 0 saturated carbocycles. The molecule has 0 amide bonds. The van der Waals surface area contributed by atoms with Crippen molar-refractivity contribution >= 4 is 12.2 Å². The Hall–Kier alpha value is -1.31. The molecule has 3 aliphatic rings. The molecule has 3 atom stereocenters. The first-order valence-corrected chi connectivity index (χ1v) is 9.71. The number of hydrogen-bond donors (Lipinski definition) is 0. The van der Waals surface area contributed by atoms with Gasteiger partial charge in [-0.25, -0.2) is 0 Å². The third kappa shape index (κ3) is 3.45. The summed E-state index contributed by atoms with van der Waals surface area (Å²) in [7, 11) is 0. The number of allylic oxidation sites excluding steroid dienone is 6. The van der Waals surface area contributed by atoms with E-state index >= 15 is 0 Å². The standard InChI is InChI=1S/C24H19.2ClH.Ti/c1-3-7-21-17(5-1)13-15-23(21)19-9-11-20(12-10-19)24-16-14-18-6-2-4-8-22(18)24;;;/h1-11,13-16,23-24H,12H2;2*1H;/q;;;+2/p-2. The van der Waals surface area contributed by atoms with Gasteiger partial charge < -0.3 is 24.8 Å². The predicted molar refractivity (Wildman–Crippen MR) is 101 cm³/mol. The Balaban J connectivity index is 0.00000105. The Kier molecular flexibility index (Phi) is 6.03. The van der Waals surface area contributed by atoms with Crippen molar-refractivity contribution in [3.8, 4) is 0 Å². The van der Waals surface area contributed by atoms with Gasteiger partial charge in [-0.3, -0.25) is 0 Å². The van der Waals surface area contributed by atoms with Gasteiger partial charge in [0, 0.05) is 0 Å². The number of fused-ring (bicyclic) bond motifs is 2. The zero-order valence-corrected chi connectivity index (χ0v) is 17.9. The molecule has 0 heterocycles. The fourth-order valence-electron chi connectivity index (χ4n) is 4.37. The quantitative estimate of drug-likeness (QED) is 0.603. The molecule has 3 aliphatic carbocycles. The number of rotatable bonds is 2. The summed E-state index contributed by atoms with van der Waals surface area (Å²) in [6.07, 6.45) is 17.7. The molecule has 2 aromatic carbocycles. The number of halogens is 2. The SMILES string of the molecule is [Cl-].[Cl-].[Ti+2][C]1(C2C=Cc3ccccc32)C=CC(C2C=Cc3ccccc32)=CC1. The van der Waals surface area contributed by atoms with E-state index in [0.717, 1.165) is 6.42 Å². The summed E-state index contributed by atoms with van der Waals surface area (Å²) in [6, 6.07) is 17.6. The fourth-order valence-corrected chi connectivity index (χ4v) is 5.05. The van der Waals surface area contributed by atoms with Crippen LogP contribution in [-0.4, -0.2) is 0 Å². The van der Waals surface area contributed by atoms with Crippen LogP contribution < -0.4 is 24.8 Å². The third-order valence-electron chi connectivity index (χ3n) is 5.76. The van der Waals surface area contributed by atoms with Crippen molar-refractivity contribution < 1.29 is 45.2 Å². The summed E-state index contributed by atoms with van der Waals surface area (Å²) in [5.74, 6) is 0.896. The molecule has 0 aromatic heterocycles. The summed E-state index contributed by atoms with van der Waals surface area (Å²) < 4.78 is 0.161. The molecular formula is C24H19Cl2Ti. The Morgan fingerprint density at radius 3 is 2.11 bits per heavy atom. The first-order chi connectivity index (χ1) is 12.2. The van der Waals surface area contributed by atoms with Crippen molar-refractivity contribution in [3.63, 3.8) is 0 Å². The van der Waals surface area contributed by atoms with Gasteiger partial charge in [0.1, 0.15) is 0 Å². The monoisotopic (exact) mass is 425 g/mol. The second-order valence-electron chi connectivity index (χ2n) is 7.21. The van der Waals surface area contributed by atoms with E-state index in [1.807, 2.05) is 0 Å². The van der Waals surface area contributed by atoms with E-state index in [4.69, 9.17) is 0 Å². The van der Waals surface area contributed by atoms with Gasteiger partial charge >= 0.3 is 161 Å². The van der Waals surface area contributed by atoms with Crippen LogP contribution in [0, 0.1) is 0 Å². The molecule has 0 bridgehead atoms. The summed E-state index contributed by atoms with van der Waals surface area (Å²) in [4.78, 5) is 0. The van der Waals surface area contributed by atoms with Crippen molar-refractivity contribution in [3.05, 3.63) is 107 Å². The van der Waals surface area contributed by atoms with Gasteiger partial charge in [-0.15, -0.1) is 0 Å². The van der Waals surface area contributed by atoms with Gasteiger partial charge in [0.15, 0.2) is 0 Å². The van der Waals surface area contributed by atoms with Crippen LogP contribution in [0.3, 0.4) is 0 Å². The molecule has 0 radical (unpaired) electrons. The van der Waals surface area contributed by atoms with Crippen molar-refractivity contribution in [2.24, 2.45) is 0 Å². The molecule has 5 rings (SSSR count). The fraction of sp³-hybridized carbons (Fsp3) is 0.167. The summed E-state index contributed by atoms with van der Waals surface area (Å²) in [5, 5.41) is 0. The predicted octanol–water partition coefficient (Wildman–Crippen LogP) is 0.207. The normalized spacial score (nSPS) is 26.7. The molecule has 0 fully saturated rings. The molecule has 0 aliphatic heterocycles. The Bertz CT molecular complexity index is 970. The minimum atomic E-state index is 0. The van der Waals surface area contributed by atoms with Gasteiger partial charge in [-0.1, -0.05) is 0 Å². The minimum absolute atomic E-state index is 0. The van der Waals surface area contributed by atoms with Gasteiger partial charge in [0.05, 0.1) is 0 Å². The molecule has 0 N–H and O–H groups in total. The van der Waals surface area contributed by atoms with E-state index in [9.17, 15) is 0 Å². The van der Waals surface area contributed by atoms with Gasteiger partial charge in [0.2, 0.25) is 0 Å². The van der Waals surface area contributed by atoms with E-state index in [0.29, 0.717) is 11.8 Å². The van der Waals surface area contributed by atoms with Crippen molar-refractivity contribution in [2.75, 3.05) is 0 Å². The Labute approximate surface area is 185 Å². The van der Waals surface area contributed by atoms with Crippen LogP contribution in [0.1, 0.15) is 40.5 Å². The van der Waals surface area contributed by atoms with Crippen LogP contribution in [0.4, 0.5) is 0 Å². The Morgan fingerprint density at radius 1 is 0.778 bits per heavy atom. The first-order valence-electron chi connectivity index (χ1n) is 8.93. The molecule has 3 unspecified atom stereocenters. The average Bonchev–Trinajstić information content (AvgIpc) is 3.27. The van der Waals surface area contributed by atoms with Crippen LogP contribution in [-0.2, 0) is 20.4 Å². The molecule has 27 heavy (non-hydrogen) atoms. The van der Waals surface area contributed by atoms with Gasteiger partial charge in [-0.2, -0.15) is 0 Å². The molecule has 0 saturated heterocycles. The maximum atomic E-state index is 2.46. The topological polar surface area (TPSA) is 0 Å². The van der Waals surface area contributed by atoms with Crippen LogP contribution in [0.15, 0.2) is 84.5 Å². The van der Waals surface area contributed by atoms with Gasteiger partial charge in [0.25, 0.3) is 0 Å². The first kappa shape index (κ1) is 20.4. The van der Waals surface area contributed by atoms with Crippen LogP contribution in [0.2, 0.25) is 3.72 Å².